The molecule has 128 valence electrons. The molecule has 0 bridgehead atoms. The molecular formula is C16H20N4O3S. The number of sulfonamides is 1. The second-order valence-corrected chi connectivity index (χ2v) is 8.24. The van der Waals surface area contributed by atoms with Gasteiger partial charge < -0.3 is 5.73 Å². The Bertz CT molecular complexity index is 766. The van der Waals surface area contributed by atoms with Crippen molar-refractivity contribution in [2.75, 3.05) is 19.6 Å². The van der Waals surface area contributed by atoms with Crippen LogP contribution < -0.4 is 10.5 Å². The summed E-state index contributed by atoms with van der Waals surface area (Å²) in [7, 11) is -3.66. The Morgan fingerprint density at radius 1 is 1.29 bits per heavy atom. The van der Waals surface area contributed by atoms with Crippen molar-refractivity contribution in [3.05, 3.63) is 29.8 Å². The number of benzene rings is 1. The maximum Gasteiger partial charge on any atom is 0.240 e. The van der Waals surface area contributed by atoms with Crippen LogP contribution in [0.1, 0.15) is 18.4 Å². The molecule has 0 unspecified atom stereocenters. The number of carbonyl (C=O) groups excluding carboxylic acids is 1. The topological polar surface area (TPSA) is 116 Å². The Labute approximate surface area is 141 Å². The van der Waals surface area contributed by atoms with Crippen molar-refractivity contribution in [2.45, 2.75) is 23.8 Å². The van der Waals surface area contributed by atoms with Gasteiger partial charge in [0.1, 0.15) is 0 Å². The minimum Gasteiger partial charge on any atom is -0.369 e. The van der Waals surface area contributed by atoms with E-state index in [4.69, 9.17) is 11.0 Å². The number of primary amides is 1. The van der Waals surface area contributed by atoms with Gasteiger partial charge in [-0.15, -0.1) is 0 Å². The first kappa shape index (κ1) is 16.9. The molecule has 1 aromatic rings. The van der Waals surface area contributed by atoms with Crippen molar-refractivity contribution in [3.8, 4) is 6.07 Å². The third kappa shape index (κ3) is 3.75. The Kier molecular flexibility index (Phi) is 4.58. The van der Waals surface area contributed by atoms with Crippen molar-refractivity contribution >= 4 is 15.9 Å². The summed E-state index contributed by atoms with van der Waals surface area (Å²) in [6.07, 6.45) is 2.20. The Hall–Kier alpha value is -1.95. The van der Waals surface area contributed by atoms with E-state index >= 15 is 0 Å². The highest BCUT2D eigenvalue weighted by Crippen LogP contribution is 2.41. The standard InChI is InChI=1S/C16H20N4O3S/c17-7-11-1-5-13(6-2-11)24(22,23)19-15-9-20(10-16(18)21)8-14(15)12-3-4-12/h1-2,5-6,12,14-15,19H,3-4,8-10H2,(H2,18,21)/t14-,15+/m1/s1. The molecule has 1 heterocycles. The molecule has 0 spiro atoms. The zero-order chi connectivity index (χ0) is 17.3. The smallest absolute Gasteiger partial charge is 0.240 e. The lowest BCUT2D eigenvalue weighted by atomic mass is 9.99. The molecule has 8 heteroatoms. The van der Waals surface area contributed by atoms with E-state index in [1.807, 2.05) is 11.0 Å². The number of nitrogens with zero attached hydrogens (tertiary/aromatic N) is 2. The highest BCUT2D eigenvalue weighted by Gasteiger charge is 2.44. The van der Waals surface area contributed by atoms with Crippen molar-refractivity contribution in [2.24, 2.45) is 17.6 Å². The van der Waals surface area contributed by atoms with Gasteiger partial charge in [0, 0.05) is 19.1 Å². The maximum absolute atomic E-state index is 12.6. The summed E-state index contributed by atoms with van der Waals surface area (Å²) in [5, 5.41) is 8.81. The average molecular weight is 348 g/mol. The number of nitriles is 1. The normalized spacial score (nSPS) is 24.6. The molecule has 1 aliphatic carbocycles. The van der Waals surface area contributed by atoms with E-state index in [2.05, 4.69) is 4.72 Å². The Balaban J connectivity index is 1.74. The van der Waals surface area contributed by atoms with Crippen LogP contribution in [0.2, 0.25) is 0 Å². The van der Waals surface area contributed by atoms with E-state index in [1.165, 1.54) is 24.3 Å². The van der Waals surface area contributed by atoms with Crippen LogP contribution in [-0.4, -0.2) is 44.9 Å². The molecule has 7 nitrogen and oxygen atoms in total. The lowest BCUT2D eigenvalue weighted by Gasteiger charge is -2.19. The maximum atomic E-state index is 12.6. The fourth-order valence-corrected chi connectivity index (χ4v) is 4.64. The number of hydrogen-bond donors (Lipinski definition) is 2. The first-order chi connectivity index (χ1) is 11.4. The number of likely N-dealkylation sites (tertiary alicyclic amines) is 1. The summed E-state index contributed by atoms with van der Waals surface area (Å²) >= 11 is 0. The third-order valence-electron chi connectivity index (χ3n) is 4.65. The molecule has 2 fully saturated rings. The van der Waals surface area contributed by atoms with E-state index in [0.717, 1.165) is 12.8 Å². The van der Waals surface area contributed by atoms with E-state index in [1.54, 1.807) is 0 Å². The number of nitrogens with two attached hydrogens (primary N) is 1. The molecule has 1 aromatic carbocycles. The number of nitrogens with one attached hydrogen (secondary N) is 1. The zero-order valence-corrected chi connectivity index (χ0v) is 14.0. The van der Waals surface area contributed by atoms with Gasteiger partial charge in [0.2, 0.25) is 15.9 Å². The molecular weight excluding hydrogens is 328 g/mol. The van der Waals surface area contributed by atoms with Crippen LogP contribution in [0.5, 0.6) is 0 Å². The van der Waals surface area contributed by atoms with Gasteiger partial charge in [-0.1, -0.05) is 0 Å². The van der Waals surface area contributed by atoms with Crippen molar-refractivity contribution < 1.29 is 13.2 Å². The fourth-order valence-electron chi connectivity index (χ4n) is 3.37. The molecule has 0 radical (unpaired) electrons. The van der Waals surface area contributed by atoms with E-state index < -0.39 is 15.9 Å². The highest BCUT2D eigenvalue weighted by molar-refractivity contribution is 7.89. The predicted octanol–water partition coefficient (Wildman–Crippen LogP) is 0.0323. The lowest BCUT2D eigenvalue weighted by Crippen LogP contribution is -2.41. The quantitative estimate of drug-likeness (QED) is 0.752. The van der Waals surface area contributed by atoms with Crippen LogP contribution in [0.3, 0.4) is 0 Å². The molecule has 1 aliphatic heterocycles. The Morgan fingerprint density at radius 2 is 1.96 bits per heavy atom. The van der Waals surface area contributed by atoms with Gasteiger partial charge in [0.25, 0.3) is 0 Å². The van der Waals surface area contributed by atoms with Crippen molar-refractivity contribution in [1.29, 1.82) is 5.26 Å². The average Bonchev–Trinajstić information content (AvgIpc) is 3.30. The van der Waals surface area contributed by atoms with Crippen LogP contribution in [0, 0.1) is 23.2 Å². The van der Waals surface area contributed by atoms with E-state index in [9.17, 15) is 13.2 Å². The van der Waals surface area contributed by atoms with Crippen LogP contribution >= 0.6 is 0 Å². The van der Waals surface area contributed by atoms with E-state index in [-0.39, 0.29) is 23.4 Å². The SMILES string of the molecule is N#Cc1ccc(S(=O)(=O)N[C@H]2CN(CC(N)=O)C[C@@H]2C2CC2)cc1. The summed E-state index contributed by atoms with van der Waals surface area (Å²) in [6.45, 7) is 1.33. The molecule has 2 aliphatic rings. The molecule has 0 aromatic heterocycles. The predicted molar refractivity (Wildman–Crippen MR) is 87.1 cm³/mol. The molecule has 2 atom stereocenters. The number of carbonyl (C=O) groups is 1. The minimum absolute atomic E-state index is 0.143. The summed E-state index contributed by atoms with van der Waals surface area (Å²) in [4.78, 5) is 13.2. The van der Waals surface area contributed by atoms with Crippen LogP contribution in [0.4, 0.5) is 0 Å². The second kappa shape index (κ2) is 6.51. The zero-order valence-electron chi connectivity index (χ0n) is 13.2. The molecule has 1 saturated heterocycles. The van der Waals surface area contributed by atoms with E-state index in [0.29, 0.717) is 24.6 Å². The van der Waals surface area contributed by atoms with Gasteiger partial charge in [-0.3, -0.25) is 9.69 Å². The molecule has 1 amide bonds. The first-order valence-corrected chi connectivity index (χ1v) is 9.40. The first-order valence-electron chi connectivity index (χ1n) is 7.92. The van der Waals surface area contributed by atoms with Gasteiger partial charge in [-0.05, 0) is 48.9 Å². The van der Waals surface area contributed by atoms with Crippen LogP contribution in [0.15, 0.2) is 29.2 Å². The largest absolute Gasteiger partial charge is 0.369 e. The summed E-state index contributed by atoms with van der Waals surface area (Å²) in [6, 6.07) is 7.58. The lowest BCUT2D eigenvalue weighted by molar-refractivity contribution is -0.118. The molecule has 24 heavy (non-hydrogen) atoms. The van der Waals surface area contributed by atoms with Gasteiger partial charge in [-0.2, -0.15) is 5.26 Å². The summed E-state index contributed by atoms with van der Waals surface area (Å²) in [5.41, 5.74) is 5.67. The van der Waals surface area contributed by atoms with Crippen LogP contribution in [-0.2, 0) is 14.8 Å². The van der Waals surface area contributed by atoms with Gasteiger partial charge in [0.05, 0.1) is 23.1 Å². The van der Waals surface area contributed by atoms with Gasteiger partial charge in [-0.25, -0.2) is 13.1 Å². The minimum atomic E-state index is -3.66. The highest BCUT2D eigenvalue weighted by atomic mass is 32.2. The fraction of sp³-hybridized carbons (Fsp3) is 0.500. The van der Waals surface area contributed by atoms with Gasteiger partial charge in [0.15, 0.2) is 0 Å². The monoisotopic (exact) mass is 348 g/mol. The number of hydrogen-bond acceptors (Lipinski definition) is 5. The Morgan fingerprint density at radius 3 is 2.50 bits per heavy atom. The van der Waals surface area contributed by atoms with Crippen LogP contribution in [0.25, 0.3) is 0 Å². The third-order valence-corrected chi connectivity index (χ3v) is 6.15. The molecule has 3 N–H and O–H groups in total. The second-order valence-electron chi connectivity index (χ2n) is 6.53. The van der Waals surface area contributed by atoms with Crippen molar-refractivity contribution in [3.63, 3.8) is 0 Å². The number of rotatable bonds is 6. The molecule has 1 saturated carbocycles. The summed E-state index contributed by atoms with van der Waals surface area (Å²) in [5.74, 6) is 0.314. The van der Waals surface area contributed by atoms with Crippen molar-refractivity contribution in [1.82, 2.24) is 9.62 Å². The summed E-state index contributed by atoms with van der Waals surface area (Å²) < 4.78 is 28.0. The van der Waals surface area contributed by atoms with Gasteiger partial charge >= 0.3 is 0 Å². The number of amides is 1. The molecule has 3 rings (SSSR count).